The Bertz CT molecular complexity index is 740. The van der Waals surface area contributed by atoms with Crippen LogP contribution in [0.15, 0.2) is 42.5 Å². The van der Waals surface area contributed by atoms with Crippen molar-refractivity contribution in [3.05, 3.63) is 59.2 Å². The number of carbonyl (C=O) groups excluding carboxylic acids is 1. The van der Waals surface area contributed by atoms with Crippen molar-refractivity contribution in [2.24, 2.45) is 0 Å². The molecule has 0 atom stereocenters. The number of methoxy groups -OCH3 is 1. The first-order valence-corrected chi connectivity index (χ1v) is 7.96. The van der Waals surface area contributed by atoms with Crippen molar-refractivity contribution in [2.45, 2.75) is 19.9 Å². The SMILES string of the molecule is CCCOc1ccc(CNC(=O)c2ccc(C(=O)O)cc2)cc1OC. The van der Waals surface area contributed by atoms with Crippen LogP contribution in [0.1, 0.15) is 39.6 Å². The largest absolute Gasteiger partial charge is 0.493 e. The van der Waals surface area contributed by atoms with Gasteiger partial charge in [-0.05, 0) is 48.4 Å². The van der Waals surface area contributed by atoms with Crippen molar-refractivity contribution >= 4 is 11.9 Å². The van der Waals surface area contributed by atoms with Gasteiger partial charge in [0.2, 0.25) is 0 Å². The number of carbonyl (C=O) groups is 2. The van der Waals surface area contributed by atoms with Gasteiger partial charge in [0, 0.05) is 12.1 Å². The Morgan fingerprint density at radius 2 is 1.72 bits per heavy atom. The maximum Gasteiger partial charge on any atom is 0.335 e. The van der Waals surface area contributed by atoms with Gasteiger partial charge in [0.1, 0.15) is 0 Å². The van der Waals surface area contributed by atoms with Gasteiger partial charge in [-0.25, -0.2) is 4.79 Å². The maximum atomic E-state index is 12.1. The van der Waals surface area contributed by atoms with E-state index in [2.05, 4.69) is 5.32 Å². The van der Waals surface area contributed by atoms with E-state index in [1.54, 1.807) is 7.11 Å². The predicted octanol–water partition coefficient (Wildman–Crippen LogP) is 3.11. The van der Waals surface area contributed by atoms with Crippen LogP contribution in [-0.2, 0) is 6.54 Å². The topological polar surface area (TPSA) is 84.9 Å². The highest BCUT2D eigenvalue weighted by Gasteiger charge is 2.09. The molecule has 2 rings (SSSR count). The second-order valence-corrected chi connectivity index (χ2v) is 5.40. The van der Waals surface area contributed by atoms with Crippen molar-refractivity contribution in [1.82, 2.24) is 5.32 Å². The first-order chi connectivity index (χ1) is 12.0. The molecule has 0 saturated heterocycles. The van der Waals surface area contributed by atoms with Crippen LogP contribution in [0.2, 0.25) is 0 Å². The van der Waals surface area contributed by atoms with Gasteiger partial charge < -0.3 is 19.9 Å². The highest BCUT2D eigenvalue weighted by molar-refractivity contribution is 5.95. The molecule has 0 bridgehead atoms. The average Bonchev–Trinajstić information content (AvgIpc) is 2.64. The number of hydrogen-bond acceptors (Lipinski definition) is 4. The molecule has 0 aliphatic heterocycles. The molecule has 132 valence electrons. The molecule has 2 aromatic carbocycles. The molecule has 0 fully saturated rings. The number of amides is 1. The molecule has 1 amide bonds. The molecule has 2 aromatic rings. The van der Waals surface area contributed by atoms with E-state index >= 15 is 0 Å². The summed E-state index contributed by atoms with van der Waals surface area (Å²) in [5.41, 5.74) is 1.42. The van der Waals surface area contributed by atoms with E-state index in [0.29, 0.717) is 30.2 Å². The first kappa shape index (κ1) is 18.3. The Morgan fingerprint density at radius 1 is 1.04 bits per heavy atom. The second-order valence-electron chi connectivity index (χ2n) is 5.40. The highest BCUT2D eigenvalue weighted by atomic mass is 16.5. The van der Waals surface area contributed by atoms with Gasteiger partial charge >= 0.3 is 5.97 Å². The third-order valence-electron chi connectivity index (χ3n) is 3.54. The summed E-state index contributed by atoms with van der Waals surface area (Å²) in [4.78, 5) is 23.0. The van der Waals surface area contributed by atoms with Gasteiger partial charge in [-0.1, -0.05) is 13.0 Å². The van der Waals surface area contributed by atoms with Gasteiger partial charge in [-0.2, -0.15) is 0 Å². The summed E-state index contributed by atoms with van der Waals surface area (Å²) in [5.74, 6) is -0.0126. The molecular weight excluding hydrogens is 322 g/mol. The molecule has 0 unspecified atom stereocenters. The fourth-order valence-corrected chi connectivity index (χ4v) is 2.20. The van der Waals surface area contributed by atoms with Crippen LogP contribution in [0, 0.1) is 0 Å². The predicted molar refractivity (Wildman–Crippen MR) is 93.4 cm³/mol. The zero-order chi connectivity index (χ0) is 18.2. The minimum atomic E-state index is -1.02. The van der Waals surface area contributed by atoms with Crippen LogP contribution in [0.4, 0.5) is 0 Å². The van der Waals surface area contributed by atoms with Crippen molar-refractivity contribution in [3.8, 4) is 11.5 Å². The molecule has 0 aromatic heterocycles. The zero-order valence-electron chi connectivity index (χ0n) is 14.2. The number of ether oxygens (including phenoxy) is 2. The monoisotopic (exact) mass is 343 g/mol. The number of nitrogens with one attached hydrogen (secondary N) is 1. The lowest BCUT2D eigenvalue weighted by Crippen LogP contribution is -2.22. The molecule has 0 aliphatic rings. The van der Waals surface area contributed by atoms with Crippen LogP contribution in [0.3, 0.4) is 0 Å². The smallest absolute Gasteiger partial charge is 0.335 e. The molecule has 0 heterocycles. The quantitative estimate of drug-likeness (QED) is 0.769. The molecule has 0 radical (unpaired) electrons. The summed E-state index contributed by atoms with van der Waals surface area (Å²) in [7, 11) is 1.57. The van der Waals surface area contributed by atoms with Crippen LogP contribution in [0.5, 0.6) is 11.5 Å². The summed E-state index contributed by atoms with van der Waals surface area (Å²) >= 11 is 0. The van der Waals surface area contributed by atoms with Crippen LogP contribution < -0.4 is 14.8 Å². The van der Waals surface area contributed by atoms with Gasteiger partial charge in [0.05, 0.1) is 19.3 Å². The third-order valence-corrected chi connectivity index (χ3v) is 3.54. The lowest BCUT2D eigenvalue weighted by atomic mass is 10.1. The summed E-state index contributed by atoms with van der Waals surface area (Å²) in [6.07, 6.45) is 0.904. The van der Waals surface area contributed by atoms with Crippen LogP contribution in [0.25, 0.3) is 0 Å². The lowest BCUT2D eigenvalue weighted by Gasteiger charge is -2.12. The van der Waals surface area contributed by atoms with E-state index < -0.39 is 5.97 Å². The standard InChI is InChI=1S/C19H21NO5/c1-3-10-25-16-9-4-13(11-17(16)24-2)12-20-18(21)14-5-7-15(8-6-14)19(22)23/h4-9,11H,3,10,12H2,1-2H3,(H,20,21)(H,22,23). The Labute approximate surface area is 146 Å². The Balaban J connectivity index is 2.00. The van der Waals surface area contributed by atoms with E-state index in [1.165, 1.54) is 24.3 Å². The molecule has 0 spiro atoms. The highest BCUT2D eigenvalue weighted by Crippen LogP contribution is 2.28. The van der Waals surface area contributed by atoms with Crippen molar-refractivity contribution in [2.75, 3.05) is 13.7 Å². The first-order valence-electron chi connectivity index (χ1n) is 7.96. The fourth-order valence-electron chi connectivity index (χ4n) is 2.20. The summed E-state index contributed by atoms with van der Waals surface area (Å²) < 4.78 is 10.9. The summed E-state index contributed by atoms with van der Waals surface area (Å²) in [6, 6.07) is 11.3. The van der Waals surface area contributed by atoms with Crippen molar-refractivity contribution < 1.29 is 24.2 Å². The second kappa shape index (κ2) is 8.73. The number of carboxylic acids is 1. The number of rotatable bonds is 8. The zero-order valence-corrected chi connectivity index (χ0v) is 14.2. The molecule has 2 N–H and O–H groups in total. The minimum absolute atomic E-state index is 0.143. The number of aromatic carboxylic acids is 1. The summed E-state index contributed by atoms with van der Waals surface area (Å²) in [5, 5.41) is 11.7. The van der Waals surface area contributed by atoms with Gasteiger partial charge in [-0.15, -0.1) is 0 Å². The normalized spacial score (nSPS) is 10.2. The van der Waals surface area contributed by atoms with E-state index in [-0.39, 0.29) is 11.5 Å². The third kappa shape index (κ3) is 4.97. The molecule has 0 saturated carbocycles. The Hall–Kier alpha value is -3.02. The van der Waals surface area contributed by atoms with E-state index in [0.717, 1.165) is 12.0 Å². The van der Waals surface area contributed by atoms with E-state index in [4.69, 9.17) is 14.6 Å². The average molecular weight is 343 g/mol. The van der Waals surface area contributed by atoms with Gasteiger partial charge in [0.15, 0.2) is 11.5 Å². The molecule has 25 heavy (non-hydrogen) atoms. The lowest BCUT2D eigenvalue weighted by molar-refractivity contribution is 0.0696. The number of hydrogen-bond donors (Lipinski definition) is 2. The fraction of sp³-hybridized carbons (Fsp3) is 0.263. The van der Waals surface area contributed by atoms with Gasteiger partial charge in [-0.3, -0.25) is 4.79 Å². The molecule has 6 heteroatoms. The minimum Gasteiger partial charge on any atom is -0.493 e. The Kier molecular flexibility index (Phi) is 6.39. The number of carboxylic acid groups (broad SMARTS) is 1. The van der Waals surface area contributed by atoms with Gasteiger partial charge in [0.25, 0.3) is 5.91 Å². The Morgan fingerprint density at radius 3 is 2.32 bits per heavy atom. The summed E-state index contributed by atoms with van der Waals surface area (Å²) in [6.45, 7) is 2.96. The molecular formula is C19H21NO5. The number of benzene rings is 2. The van der Waals surface area contributed by atoms with Crippen LogP contribution in [-0.4, -0.2) is 30.7 Å². The van der Waals surface area contributed by atoms with Crippen molar-refractivity contribution in [1.29, 1.82) is 0 Å². The van der Waals surface area contributed by atoms with E-state index in [1.807, 2.05) is 25.1 Å². The van der Waals surface area contributed by atoms with E-state index in [9.17, 15) is 9.59 Å². The molecule has 6 nitrogen and oxygen atoms in total. The maximum absolute atomic E-state index is 12.1. The van der Waals surface area contributed by atoms with Crippen molar-refractivity contribution in [3.63, 3.8) is 0 Å². The molecule has 0 aliphatic carbocycles. The van der Waals surface area contributed by atoms with Crippen LogP contribution >= 0.6 is 0 Å².